The summed E-state index contributed by atoms with van der Waals surface area (Å²) in [7, 11) is 4.09. The van der Waals surface area contributed by atoms with Gasteiger partial charge in [0.25, 0.3) is 5.91 Å². The topological polar surface area (TPSA) is 56.9 Å². The molecular weight excluding hydrogens is 328 g/mol. The van der Waals surface area contributed by atoms with Crippen molar-refractivity contribution in [3.63, 3.8) is 0 Å². The van der Waals surface area contributed by atoms with Crippen molar-refractivity contribution in [1.82, 2.24) is 9.80 Å². The Morgan fingerprint density at radius 1 is 1.23 bits per heavy atom. The van der Waals surface area contributed by atoms with Crippen molar-refractivity contribution < 1.29 is 14.3 Å². The Hall–Kier alpha value is -2.11. The summed E-state index contributed by atoms with van der Waals surface area (Å²) < 4.78 is 5.85. The molecule has 0 radical (unpaired) electrons. The zero-order valence-electron chi connectivity index (χ0n) is 15.8. The van der Waals surface area contributed by atoms with Gasteiger partial charge >= 0.3 is 0 Å². The maximum absolute atomic E-state index is 13.3. The molecule has 1 amide bonds. The molecule has 26 heavy (non-hydrogen) atoms. The Labute approximate surface area is 155 Å². The first kappa shape index (κ1) is 18.7. The first-order valence-electron chi connectivity index (χ1n) is 9.18. The molecule has 2 atom stereocenters. The molecule has 0 spiro atoms. The van der Waals surface area contributed by atoms with Crippen LogP contribution in [-0.2, 0) is 0 Å². The number of carbonyl (C=O) groups is 1. The van der Waals surface area contributed by atoms with Crippen molar-refractivity contribution in [2.45, 2.75) is 13.3 Å². The number of amides is 1. The van der Waals surface area contributed by atoms with Crippen LogP contribution in [0.15, 0.2) is 40.8 Å². The third-order valence-electron chi connectivity index (χ3n) is 4.91. The molecule has 140 valence electrons. The Balaban J connectivity index is 1.86. The van der Waals surface area contributed by atoms with Crippen LogP contribution in [0.5, 0.6) is 0 Å². The number of rotatable bonds is 5. The summed E-state index contributed by atoms with van der Waals surface area (Å²) in [5, 5.41) is 9.68. The highest BCUT2D eigenvalue weighted by Crippen LogP contribution is 2.30. The predicted molar refractivity (Wildman–Crippen MR) is 102 cm³/mol. The number of carbonyl (C=O) groups excluding carboxylic acids is 1. The quantitative estimate of drug-likeness (QED) is 0.895. The fraction of sp³-hybridized carbons (Fsp3) is 0.476. The van der Waals surface area contributed by atoms with Gasteiger partial charge in [0.2, 0.25) is 0 Å². The maximum atomic E-state index is 13.3. The highest BCUT2D eigenvalue weighted by atomic mass is 16.3. The minimum atomic E-state index is -0.0115. The minimum Gasteiger partial charge on any atom is -0.461 e. The van der Waals surface area contributed by atoms with Gasteiger partial charge in [-0.25, -0.2) is 0 Å². The number of likely N-dealkylation sites (tertiary alicyclic amines) is 1. The van der Waals surface area contributed by atoms with Gasteiger partial charge < -0.3 is 19.3 Å². The van der Waals surface area contributed by atoms with Crippen molar-refractivity contribution in [3.8, 4) is 11.3 Å². The Morgan fingerprint density at radius 3 is 2.58 bits per heavy atom. The second-order valence-corrected chi connectivity index (χ2v) is 7.59. The summed E-state index contributed by atoms with van der Waals surface area (Å²) in [6.07, 6.45) is 0.953. The summed E-state index contributed by atoms with van der Waals surface area (Å²) in [6.45, 7) is 4.20. The van der Waals surface area contributed by atoms with Crippen LogP contribution >= 0.6 is 0 Å². The number of aliphatic hydroxyl groups excluding tert-OH is 1. The molecule has 1 aliphatic rings. The van der Waals surface area contributed by atoms with Gasteiger partial charge in [-0.15, -0.1) is 0 Å². The molecule has 0 saturated carbocycles. The molecule has 1 aliphatic heterocycles. The standard InChI is InChI=1S/C21H28N2O3/c1-15-9-19(20(26-15)18-7-5-4-6-8-18)21(25)23-12-16(11-22(2)3)10-17(13-23)14-24/h4-9,16-17,24H,10-14H2,1-3H3/t16-,17+/m0/s1. The van der Waals surface area contributed by atoms with E-state index in [0.717, 1.165) is 24.3 Å². The zero-order chi connectivity index (χ0) is 18.7. The number of benzene rings is 1. The van der Waals surface area contributed by atoms with E-state index in [1.165, 1.54) is 0 Å². The summed E-state index contributed by atoms with van der Waals surface area (Å²) in [6, 6.07) is 11.6. The highest BCUT2D eigenvalue weighted by molar-refractivity contribution is 6.00. The van der Waals surface area contributed by atoms with E-state index in [9.17, 15) is 9.90 Å². The molecule has 2 heterocycles. The summed E-state index contributed by atoms with van der Waals surface area (Å²) in [5.41, 5.74) is 1.51. The second kappa shape index (κ2) is 8.06. The number of nitrogens with zero attached hydrogens (tertiary/aromatic N) is 2. The Bertz CT molecular complexity index is 739. The van der Waals surface area contributed by atoms with E-state index in [1.807, 2.05) is 62.3 Å². The lowest BCUT2D eigenvalue weighted by atomic mass is 9.89. The van der Waals surface area contributed by atoms with Gasteiger partial charge in [-0.05, 0) is 45.3 Å². The molecule has 0 unspecified atom stereocenters. The lowest BCUT2D eigenvalue weighted by Crippen LogP contribution is -2.47. The van der Waals surface area contributed by atoms with E-state index in [2.05, 4.69) is 4.90 Å². The van der Waals surface area contributed by atoms with E-state index < -0.39 is 0 Å². The van der Waals surface area contributed by atoms with Crippen LogP contribution in [0.25, 0.3) is 11.3 Å². The number of aliphatic hydroxyl groups is 1. The first-order valence-corrected chi connectivity index (χ1v) is 9.18. The van der Waals surface area contributed by atoms with Crippen LogP contribution in [0.4, 0.5) is 0 Å². The first-order chi connectivity index (χ1) is 12.5. The van der Waals surface area contributed by atoms with Crippen molar-refractivity contribution in [2.24, 2.45) is 11.8 Å². The fourth-order valence-electron chi connectivity index (χ4n) is 3.91. The number of hydrogen-bond donors (Lipinski definition) is 1. The van der Waals surface area contributed by atoms with Crippen molar-refractivity contribution >= 4 is 5.91 Å². The molecule has 5 heteroatoms. The highest BCUT2D eigenvalue weighted by Gasteiger charge is 2.32. The monoisotopic (exact) mass is 356 g/mol. The lowest BCUT2D eigenvalue weighted by Gasteiger charge is -2.38. The largest absolute Gasteiger partial charge is 0.461 e. The molecular formula is C21H28N2O3. The molecule has 3 rings (SSSR count). The third kappa shape index (κ3) is 4.17. The van der Waals surface area contributed by atoms with E-state index >= 15 is 0 Å². The van der Waals surface area contributed by atoms with E-state index in [4.69, 9.17) is 4.42 Å². The number of aryl methyl sites for hydroxylation is 1. The van der Waals surface area contributed by atoms with Crippen molar-refractivity contribution in [3.05, 3.63) is 47.7 Å². The smallest absolute Gasteiger partial charge is 0.257 e. The van der Waals surface area contributed by atoms with Crippen LogP contribution in [0.3, 0.4) is 0 Å². The average Bonchev–Trinajstić information content (AvgIpc) is 3.02. The lowest BCUT2D eigenvalue weighted by molar-refractivity contribution is 0.0478. The Morgan fingerprint density at radius 2 is 1.92 bits per heavy atom. The van der Waals surface area contributed by atoms with Gasteiger partial charge in [0, 0.05) is 31.8 Å². The minimum absolute atomic E-state index is 0.0115. The van der Waals surface area contributed by atoms with Gasteiger partial charge in [0.05, 0.1) is 5.56 Å². The van der Waals surface area contributed by atoms with Crippen LogP contribution < -0.4 is 0 Å². The van der Waals surface area contributed by atoms with Crippen LogP contribution in [0.2, 0.25) is 0 Å². The van der Waals surface area contributed by atoms with Crippen LogP contribution in [0, 0.1) is 18.8 Å². The molecule has 1 aromatic carbocycles. The molecule has 2 aromatic rings. The van der Waals surface area contributed by atoms with Crippen LogP contribution in [-0.4, -0.2) is 61.2 Å². The molecule has 5 nitrogen and oxygen atoms in total. The number of hydrogen-bond acceptors (Lipinski definition) is 4. The molecule has 1 N–H and O–H groups in total. The van der Waals surface area contributed by atoms with Gasteiger partial charge in [-0.3, -0.25) is 4.79 Å². The Kier molecular flexibility index (Phi) is 5.79. The van der Waals surface area contributed by atoms with Gasteiger partial charge in [0.15, 0.2) is 0 Å². The molecule has 1 saturated heterocycles. The van der Waals surface area contributed by atoms with Crippen LogP contribution in [0.1, 0.15) is 22.5 Å². The summed E-state index contributed by atoms with van der Waals surface area (Å²) in [5.74, 6) is 1.84. The predicted octanol–water partition coefficient (Wildman–Crippen LogP) is 2.89. The second-order valence-electron chi connectivity index (χ2n) is 7.59. The number of furan rings is 1. The molecule has 1 aromatic heterocycles. The average molecular weight is 356 g/mol. The van der Waals surface area contributed by atoms with E-state index in [-0.39, 0.29) is 18.4 Å². The fourth-order valence-corrected chi connectivity index (χ4v) is 3.91. The van der Waals surface area contributed by atoms with Gasteiger partial charge in [0.1, 0.15) is 11.5 Å². The molecule has 0 bridgehead atoms. The molecule has 1 fully saturated rings. The zero-order valence-corrected chi connectivity index (χ0v) is 15.8. The van der Waals surface area contributed by atoms with E-state index in [1.54, 1.807) is 0 Å². The molecule has 0 aliphatic carbocycles. The third-order valence-corrected chi connectivity index (χ3v) is 4.91. The van der Waals surface area contributed by atoms with E-state index in [0.29, 0.717) is 30.3 Å². The van der Waals surface area contributed by atoms with Crippen molar-refractivity contribution in [2.75, 3.05) is 40.3 Å². The van der Waals surface area contributed by atoms with Gasteiger partial charge in [-0.1, -0.05) is 30.3 Å². The SMILES string of the molecule is Cc1cc(C(=O)N2C[C@H](CO)C[C@@H](CN(C)C)C2)c(-c2ccccc2)o1. The van der Waals surface area contributed by atoms with Crippen molar-refractivity contribution in [1.29, 1.82) is 0 Å². The number of piperidine rings is 1. The normalized spacial score (nSPS) is 20.6. The summed E-state index contributed by atoms with van der Waals surface area (Å²) in [4.78, 5) is 17.3. The maximum Gasteiger partial charge on any atom is 0.257 e. The summed E-state index contributed by atoms with van der Waals surface area (Å²) >= 11 is 0. The van der Waals surface area contributed by atoms with Gasteiger partial charge in [-0.2, -0.15) is 0 Å².